The molecule has 0 saturated carbocycles. The summed E-state index contributed by atoms with van der Waals surface area (Å²) in [5.74, 6) is 0.618. The van der Waals surface area contributed by atoms with Crippen molar-refractivity contribution in [1.29, 1.82) is 0 Å². The van der Waals surface area contributed by atoms with Crippen LogP contribution in [-0.4, -0.2) is 36.7 Å². The number of carbonyl (C=O) groups excluding carboxylic acids is 1. The van der Waals surface area contributed by atoms with E-state index in [1.807, 2.05) is 37.3 Å². The predicted molar refractivity (Wildman–Crippen MR) is 108 cm³/mol. The van der Waals surface area contributed by atoms with Crippen molar-refractivity contribution in [3.63, 3.8) is 0 Å². The summed E-state index contributed by atoms with van der Waals surface area (Å²) in [6.45, 7) is 3.59. The average molecular weight is 408 g/mol. The summed E-state index contributed by atoms with van der Waals surface area (Å²) < 4.78 is 11.5. The highest BCUT2D eigenvalue weighted by molar-refractivity contribution is 6.35. The number of carbonyl (C=O) groups is 1. The van der Waals surface area contributed by atoms with Crippen LogP contribution in [0.2, 0.25) is 10.0 Å². The van der Waals surface area contributed by atoms with Gasteiger partial charge in [0.05, 0.1) is 6.10 Å². The van der Waals surface area contributed by atoms with Crippen LogP contribution in [0.15, 0.2) is 42.5 Å². The van der Waals surface area contributed by atoms with E-state index in [2.05, 4.69) is 0 Å². The van der Waals surface area contributed by atoms with Crippen LogP contribution in [-0.2, 0) is 16.1 Å². The van der Waals surface area contributed by atoms with Gasteiger partial charge in [-0.1, -0.05) is 47.5 Å². The lowest BCUT2D eigenvalue weighted by molar-refractivity contribution is -0.135. The molecule has 1 atom stereocenters. The smallest absolute Gasteiger partial charge is 0.260 e. The molecular weight excluding hydrogens is 385 g/mol. The molecule has 1 saturated heterocycles. The molecule has 2 aromatic rings. The Kier molecular flexibility index (Phi) is 7.00. The van der Waals surface area contributed by atoms with Crippen molar-refractivity contribution < 1.29 is 14.3 Å². The van der Waals surface area contributed by atoms with Gasteiger partial charge >= 0.3 is 0 Å². The first-order valence-electron chi connectivity index (χ1n) is 9.04. The molecule has 6 heteroatoms. The van der Waals surface area contributed by atoms with Crippen LogP contribution in [0.1, 0.15) is 24.0 Å². The topological polar surface area (TPSA) is 38.8 Å². The van der Waals surface area contributed by atoms with Crippen molar-refractivity contribution in [2.24, 2.45) is 0 Å². The van der Waals surface area contributed by atoms with Crippen LogP contribution in [0, 0.1) is 6.92 Å². The molecule has 0 N–H and O–H groups in total. The molecule has 0 aliphatic carbocycles. The van der Waals surface area contributed by atoms with Gasteiger partial charge in [0.1, 0.15) is 5.75 Å². The summed E-state index contributed by atoms with van der Waals surface area (Å²) in [5, 5.41) is 1.12. The second-order valence-corrected chi connectivity index (χ2v) is 7.54. The number of ether oxygens (including phenoxy) is 2. The molecule has 0 radical (unpaired) electrons. The molecule has 3 rings (SSSR count). The summed E-state index contributed by atoms with van der Waals surface area (Å²) in [7, 11) is 0. The number of nitrogens with zero attached hydrogens (tertiary/aromatic N) is 1. The lowest BCUT2D eigenvalue weighted by Crippen LogP contribution is -2.39. The Labute approximate surface area is 170 Å². The van der Waals surface area contributed by atoms with Gasteiger partial charge in [-0.3, -0.25) is 4.79 Å². The molecule has 1 amide bonds. The number of rotatable bonds is 7. The molecule has 27 heavy (non-hydrogen) atoms. The summed E-state index contributed by atoms with van der Waals surface area (Å²) in [4.78, 5) is 14.6. The zero-order valence-electron chi connectivity index (χ0n) is 15.3. The standard InChI is InChI=1S/C21H23Cl2NO3/c1-15-5-2-3-7-20(15)27-14-21(25)24(13-18-6-4-10-26-18)12-16-8-9-17(22)11-19(16)23/h2-3,5,7-9,11,18H,4,6,10,12-14H2,1H3. The first-order valence-corrected chi connectivity index (χ1v) is 9.80. The number of aryl methyl sites for hydroxylation is 1. The van der Waals surface area contributed by atoms with Crippen molar-refractivity contribution in [1.82, 2.24) is 4.90 Å². The Balaban J connectivity index is 1.70. The molecule has 0 aromatic heterocycles. The number of halogens is 2. The summed E-state index contributed by atoms with van der Waals surface area (Å²) >= 11 is 12.3. The molecule has 4 nitrogen and oxygen atoms in total. The van der Waals surface area contributed by atoms with E-state index >= 15 is 0 Å². The fourth-order valence-corrected chi connectivity index (χ4v) is 3.56. The van der Waals surface area contributed by atoms with E-state index in [1.54, 1.807) is 17.0 Å². The van der Waals surface area contributed by atoms with Crippen molar-refractivity contribution in [3.05, 3.63) is 63.6 Å². The molecule has 1 aliphatic heterocycles. The quantitative estimate of drug-likeness (QED) is 0.655. The van der Waals surface area contributed by atoms with Gasteiger partial charge in [-0.05, 0) is 49.1 Å². The van der Waals surface area contributed by atoms with Gasteiger partial charge < -0.3 is 14.4 Å². The minimum atomic E-state index is -0.0974. The number of benzene rings is 2. The van der Waals surface area contributed by atoms with E-state index < -0.39 is 0 Å². The molecule has 0 bridgehead atoms. The van der Waals surface area contributed by atoms with Crippen molar-refractivity contribution in [3.8, 4) is 5.75 Å². The maximum Gasteiger partial charge on any atom is 0.260 e. The lowest BCUT2D eigenvalue weighted by Gasteiger charge is -2.26. The predicted octanol–water partition coefficient (Wildman–Crippen LogP) is 4.89. The van der Waals surface area contributed by atoms with Gasteiger partial charge in [-0.2, -0.15) is 0 Å². The maximum atomic E-state index is 12.9. The summed E-state index contributed by atoms with van der Waals surface area (Å²) in [5.41, 5.74) is 1.85. The molecular formula is C21H23Cl2NO3. The second kappa shape index (κ2) is 9.45. The third kappa shape index (κ3) is 5.61. The van der Waals surface area contributed by atoms with Gasteiger partial charge in [-0.25, -0.2) is 0 Å². The summed E-state index contributed by atoms with van der Waals surface area (Å²) in [6, 6.07) is 13.0. The Bertz CT molecular complexity index is 791. The number of amides is 1. The van der Waals surface area contributed by atoms with E-state index in [-0.39, 0.29) is 18.6 Å². The van der Waals surface area contributed by atoms with Crippen LogP contribution in [0.25, 0.3) is 0 Å². The van der Waals surface area contributed by atoms with Gasteiger partial charge in [0, 0.05) is 29.7 Å². The Hall–Kier alpha value is -1.75. The average Bonchev–Trinajstić information content (AvgIpc) is 3.15. The minimum absolute atomic E-state index is 0.0250. The van der Waals surface area contributed by atoms with E-state index in [9.17, 15) is 4.79 Å². The number of hydrogen-bond donors (Lipinski definition) is 0. The first-order chi connectivity index (χ1) is 13.0. The van der Waals surface area contributed by atoms with E-state index in [1.165, 1.54) is 0 Å². The maximum absolute atomic E-state index is 12.9. The van der Waals surface area contributed by atoms with E-state index in [4.69, 9.17) is 32.7 Å². The zero-order chi connectivity index (χ0) is 19.2. The van der Waals surface area contributed by atoms with Gasteiger partial charge in [0.15, 0.2) is 6.61 Å². The SMILES string of the molecule is Cc1ccccc1OCC(=O)N(Cc1ccc(Cl)cc1Cl)CC1CCCO1. The zero-order valence-corrected chi connectivity index (χ0v) is 16.8. The first kappa shape index (κ1) is 20.0. The molecule has 1 fully saturated rings. The highest BCUT2D eigenvalue weighted by atomic mass is 35.5. The van der Waals surface area contributed by atoms with Crippen molar-refractivity contribution in [2.75, 3.05) is 19.8 Å². The Morgan fingerprint density at radius 2 is 2.07 bits per heavy atom. The van der Waals surface area contributed by atoms with Gasteiger partial charge in [0.2, 0.25) is 0 Å². The molecule has 1 unspecified atom stereocenters. The molecule has 144 valence electrons. The van der Waals surface area contributed by atoms with Gasteiger partial charge in [-0.15, -0.1) is 0 Å². The van der Waals surface area contributed by atoms with Crippen molar-refractivity contribution in [2.45, 2.75) is 32.4 Å². The van der Waals surface area contributed by atoms with Crippen LogP contribution in [0.5, 0.6) is 5.75 Å². The fraction of sp³-hybridized carbons (Fsp3) is 0.381. The second-order valence-electron chi connectivity index (χ2n) is 6.70. The molecule has 0 spiro atoms. The van der Waals surface area contributed by atoms with E-state index in [0.29, 0.717) is 28.9 Å². The van der Waals surface area contributed by atoms with Crippen LogP contribution in [0.3, 0.4) is 0 Å². The lowest BCUT2D eigenvalue weighted by atomic mass is 10.1. The van der Waals surface area contributed by atoms with Gasteiger partial charge in [0.25, 0.3) is 5.91 Å². The van der Waals surface area contributed by atoms with Crippen LogP contribution in [0.4, 0.5) is 0 Å². The van der Waals surface area contributed by atoms with E-state index in [0.717, 1.165) is 30.6 Å². The normalized spacial score (nSPS) is 16.3. The number of para-hydroxylation sites is 1. The molecule has 1 aliphatic rings. The Morgan fingerprint density at radius 1 is 1.26 bits per heavy atom. The highest BCUT2D eigenvalue weighted by Gasteiger charge is 2.24. The Morgan fingerprint density at radius 3 is 2.78 bits per heavy atom. The van der Waals surface area contributed by atoms with Crippen LogP contribution < -0.4 is 4.74 Å². The number of hydrogen-bond acceptors (Lipinski definition) is 3. The monoisotopic (exact) mass is 407 g/mol. The summed E-state index contributed by atoms with van der Waals surface area (Å²) in [6.07, 6.45) is 2.03. The molecule has 2 aromatic carbocycles. The van der Waals surface area contributed by atoms with Crippen molar-refractivity contribution >= 4 is 29.1 Å². The third-order valence-corrected chi connectivity index (χ3v) is 5.21. The fourth-order valence-electron chi connectivity index (χ4n) is 3.09. The molecule has 1 heterocycles. The highest BCUT2D eigenvalue weighted by Crippen LogP contribution is 2.24. The van der Waals surface area contributed by atoms with Crippen LogP contribution >= 0.6 is 23.2 Å². The largest absolute Gasteiger partial charge is 0.484 e. The third-order valence-electron chi connectivity index (χ3n) is 4.62. The minimum Gasteiger partial charge on any atom is -0.484 e.